The first-order valence-corrected chi connectivity index (χ1v) is 10.2. The number of benzene rings is 2. The van der Waals surface area contributed by atoms with Gasteiger partial charge in [-0.2, -0.15) is 0 Å². The highest BCUT2D eigenvalue weighted by molar-refractivity contribution is 6.30. The van der Waals surface area contributed by atoms with Gasteiger partial charge in [-0.3, -0.25) is 9.78 Å². The molecule has 7 heteroatoms. The van der Waals surface area contributed by atoms with Crippen molar-refractivity contribution < 1.29 is 18.7 Å². The van der Waals surface area contributed by atoms with E-state index in [1.54, 1.807) is 24.4 Å². The van der Waals surface area contributed by atoms with Crippen LogP contribution in [-0.2, 0) is 16.2 Å². The molecular weight excluding hydrogens is 419 g/mol. The fourth-order valence-corrected chi connectivity index (χ4v) is 3.91. The van der Waals surface area contributed by atoms with Crippen molar-refractivity contribution in [2.45, 2.75) is 25.1 Å². The zero-order chi connectivity index (χ0) is 21.8. The minimum Gasteiger partial charge on any atom is -0.446 e. The van der Waals surface area contributed by atoms with Crippen molar-refractivity contribution >= 4 is 23.6 Å². The number of halogens is 2. The number of ether oxygens (including phenoxy) is 1. The lowest BCUT2D eigenvalue weighted by Crippen LogP contribution is -2.35. The molecule has 4 rings (SSSR count). The standard InChI is InChI=1S/C24H20ClFN2O3/c25-20-8-6-17(7-9-20)21(19-10-16(12-26)13-27-14-19)11-23(29)28-22(15-31-24(28)30)18-4-2-1-3-5-18/h1-10,13-14,21-22H,11-12,15H2/t21-,22-/m0/s1. The van der Waals surface area contributed by atoms with Gasteiger partial charge in [0.1, 0.15) is 19.3 Å². The molecule has 0 saturated carbocycles. The van der Waals surface area contributed by atoms with Crippen LogP contribution in [0.15, 0.2) is 73.1 Å². The van der Waals surface area contributed by atoms with Gasteiger partial charge < -0.3 is 4.74 Å². The maximum Gasteiger partial charge on any atom is 0.417 e. The van der Waals surface area contributed by atoms with Crippen molar-refractivity contribution in [3.8, 4) is 0 Å². The zero-order valence-electron chi connectivity index (χ0n) is 16.6. The quantitative estimate of drug-likeness (QED) is 0.513. The summed E-state index contributed by atoms with van der Waals surface area (Å²) in [5.41, 5.74) is 2.76. The number of carbonyl (C=O) groups is 2. The highest BCUT2D eigenvalue weighted by Gasteiger charge is 2.39. The van der Waals surface area contributed by atoms with E-state index in [9.17, 15) is 14.0 Å². The number of hydrogen-bond donors (Lipinski definition) is 0. The van der Waals surface area contributed by atoms with Crippen LogP contribution in [0, 0.1) is 0 Å². The third-order valence-corrected chi connectivity index (χ3v) is 5.60. The summed E-state index contributed by atoms with van der Waals surface area (Å²) in [4.78, 5) is 31.0. The summed E-state index contributed by atoms with van der Waals surface area (Å²) >= 11 is 6.03. The van der Waals surface area contributed by atoms with Gasteiger partial charge in [0.2, 0.25) is 5.91 Å². The second kappa shape index (κ2) is 9.27. The molecule has 0 unspecified atom stereocenters. The van der Waals surface area contributed by atoms with Gasteiger partial charge in [-0.25, -0.2) is 14.1 Å². The summed E-state index contributed by atoms with van der Waals surface area (Å²) in [7, 11) is 0. The molecule has 158 valence electrons. The van der Waals surface area contributed by atoms with Gasteiger partial charge in [0.05, 0.1) is 0 Å². The molecule has 31 heavy (non-hydrogen) atoms. The van der Waals surface area contributed by atoms with E-state index >= 15 is 0 Å². The second-order valence-corrected chi connectivity index (χ2v) is 7.77. The average Bonchev–Trinajstić information content (AvgIpc) is 3.20. The predicted octanol–water partition coefficient (Wildman–Crippen LogP) is 5.45. The van der Waals surface area contributed by atoms with E-state index in [0.29, 0.717) is 16.1 Å². The van der Waals surface area contributed by atoms with E-state index in [2.05, 4.69) is 4.98 Å². The van der Waals surface area contributed by atoms with Crippen LogP contribution in [0.1, 0.15) is 40.6 Å². The molecule has 0 aliphatic carbocycles. The van der Waals surface area contributed by atoms with Crippen molar-refractivity contribution in [3.05, 3.63) is 100 Å². The molecule has 1 fully saturated rings. The van der Waals surface area contributed by atoms with Crippen LogP contribution in [0.25, 0.3) is 0 Å². The first kappa shape index (κ1) is 21.0. The Morgan fingerprint density at radius 3 is 2.58 bits per heavy atom. The smallest absolute Gasteiger partial charge is 0.417 e. The maximum absolute atomic E-state index is 13.3. The molecule has 2 amide bonds. The number of amides is 2. The molecule has 0 radical (unpaired) electrons. The molecule has 1 aromatic heterocycles. The Bertz CT molecular complexity index is 1080. The van der Waals surface area contributed by atoms with E-state index in [0.717, 1.165) is 11.1 Å². The lowest BCUT2D eigenvalue weighted by atomic mass is 9.88. The summed E-state index contributed by atoms with van der Waals surface area (Å²) in [5, 5.41) is 0.566. The molecule has 0 bridgehead atoms. The van der Waals surface area contributed by atoms with Crippen LogP contribution in [0.2, 0.25) is 5.02 Å². The van der Waals surface area contributed by atoms with Crippen LogP contribution in [0.4, 0.5) is 9.18 Å². The first-order chi connectivity index (χ1) is 15.1. The van der Waals surface area contributed by atoms with Gasteiger partial charge in [-0.1, -0.05) is 54.1 Å². The van der Waals surface area contributed by atoms with Crippen LogP contribution in [0.5, 0.6) is 0 Å². The first-order valence-electron chi connectivity index (χ1n) is 9.86. The monoisotopic (exact) mass is 438 g/mol. The van der Waals surface area contributed by atoms with Crippen molar-refractivity contribution in [2.75, 3.05) is 6.61 Å². The van der Waals surface area contributed by atoms with Crippen LogP contribution in [0.3, 0.4) is 0 Å². The van der Waals surface area contributed by atoms with E-state index in [4.69, 9.17) is 16.3 Å². The van der Waals surface area contributed by atoms with E-state index in [-0.39, 0.29) is 18.9 Å². The van der Waals surface area contributed by atoms with Crippen molar-refractivity contribution in [2.24, 2.45) is 0 Å². The topological polar surface area (TPSA) is 59.5 Å². The third kappa shape index (κ3) is 4.59. The predicted molar refractivity (Wildman–Crippen MR) is 114 cm³/mol. The Morgan fingerprint density at radius 2 is 1.87 bits per heavy atom. The summed E-state index contributed by atoms with van der Waals surface area (Å²) in [6.45, 7) is -0.546. The fraction of sp³-hybridized carbons (Fsp3) is 0.208. The molecule has 2 atom stereocenters. The van der Waals surface area contributed by atoms with Crippen molar-refractivity contribution in [1.82, 2.24) is 9.88 Å². The number of aromatic nitrogens is 1. The number of alkyl halides is 1. The van der Waals surface area contributed by atoms with Gasteiger partial charge in [0, 0.05) is 35.3 Å². The number of nitrogens with zero attached hydrogens (tertiary/aromatic N) is 2. The van der Waals surface area contributed by atoms with Gasteiger partial charge in [-0.15, -0.1) is 0 Å². The van der Waals surface area contributed by atoms with Gasteiger partial charge in [0.15, 0.2) is 0 Å². The lowest BCUT2D eigenvalue weighted by molar-refractivity contribution is -0.129. The highest BCUT2D eigenvalue weighted by atomic mass is 35.5. The minimum atomic E-state index is -0.663. The van der Waals surface area contributed by atoms with E-state index in [1.807, 2.05) is 42.5 Å². The summed E-state index contributed by atoms with van der Waals surface area (Å²) in [6.07, 6.45) is 2.40. The zero-order valence-corrected chi connectivity index (χ0v) is 17.3. The van der Waals surface area contributed by atoms with E-state index < -0.39 is 24.7 Å². The molecule has 3 aromatic rings. The molecule has 1 aliphatic rings. The van der Waals surface area contributed by atoms with Crippen LogP contribution < -0.4 is 0 Å². The number of pyridine rings is 1. The molecule has 5 nitrogen and oxygen atoms in total. The van der Waals surface area contributed by atoms with Crippen molar-refractivity contribution in [3.63, 3.8) is 0 Å². The Hall–Kier alpha value is -3.25. The fourth-order valence-electron chi connectivity index (χ4n) is 3.79. The largest absolute Gasteiger partial charge is 0.446 e. The molecule has 0 spiro atoms. The SMILES string of the molecule is O=C(C[C@@H](c1ccc(Cl)cc1)c1cncc(CF)c1)N1C(=O)OC[C@H]1c1ccccc1. The lowest BCUT2D eigenvalue weighted by Gasteiger charge is -2.24. The van der Waals surface area contributed by atoms with E-state index in [1.165, 1.54) is 11.1 Å². The molecule has 1 saturated heterocycles. The number of hydrogen-bond acceptors (Lipinski definition) is 4. The molecule has 0 N–H and O–H groups in total. The molecule has 2 aromatic carbocycles. The second-order valence-electron chi connectivity index (χ2n) is 7.34. The normalized spacial score (nSPS) is 16.8. The molecule has 1 aliphatic heterocycles. The molecule has 2 heterocycles. The Labute approximate surface area is 184 Å². The summed E-state index contributed by atoms with van der Waals surface area (Å²) in [6, 6.07) is 17.6. The Balaban J connectivity index is 1.66. The number of carbonyl (C=O) groups excluding carboxylic acids is 2. The number of cyclic esters (lactones) is 1. The van der Waals surface area contributed by atoms with Crippen molar-refractivity contribution in [1.29, 1.82) is 0 Å². The molecular formula is C24H20ClFN2O3. The number of imide groups is 1. The van der Waals surface area contributed by atoms with Gasteiger partial charge >= 0.3 is 6.09 Å². The Morgan fingerprint density at radius 1 is 1.13 bits per heavy atom. The van der Waals surface area contributed by atoms with Gasteiger partial charge in [-0.05, 0) is 34.9 Å². The summed E-state index contributed by atoms with van der Waals surface area (Å²) in [5.74, 6) is -0.796. The van der Waals surface area contributed by atoms with Gasteiger partial charge in [0.25, 0.3) is 0 Å². The minimum absolute atomic E-state index is 0.00250. The Kier molecular flexibility index (Phi) is 6.28. The van der Waals surface area contributed by atoms with Crippen LogP contribution >= 0.6 is 11.6 Å². The summed E-state index contributed by atoms with van der Waals surface area (Å²) < 4.78 is 18.4. The highest BCUT2D eigenvalue weighted by Crippen LogP contribution is 2.34. The van der Waals surface area contributed by atoms with Crippen LogP contribution in [-0.4, -0.2) is 28.5 Å². The third-order valence-electron chi connectivity index (χ3n) is 5.35. The maximum atomic E-state index is 13.3. The average molecular weight is 439 g/mol. The number of rotatable bonds is 6.